The summed E-state index contributed by atoms with van der Waals surface area (Å²) in [6, 6.07) is 32.1. The predicted molar refractivity (Wildman–Crippen MR) is 149 cm³/mol. The van der Waals surface area contributed by atoms with Crippen LogP contribution in [0.3, 0.4) is 0 Å². The van der Waals surface area contributed by atoms with Gasteiger partial charge in [-0.3, -0.25) is 0 Å². The molecule has 2 heterocycles. The van der Waals surface area contributed by atoms with E-state index in [-0.39, 0.29) is 5.92 Å². The van der Waals surface area contributed by atoms with Gasteiger partial charge in [-0.1, -0.05) is 97.4 Å². The molecule has 5 heteroatoms. The summed E-state index contributed by atoms with van der Waals surface area (Å²) in [6.45, 7) is 4.52. The molecule has 0 radical (unpaired) electrons. The van der Waals surface area contributed by atoms with Crippen LogP contribution in [0.1, 0.15) is 67.0 Å². The van der Waals surface area contributed by atoms with Crippen LogP contribution < -0.4 is 0 Å². The zero-order valence-electron chi connectivity index (χ0n) is 21.8. The highest BCUT2D eigenvalue weighted by Gasteiger charge is 2.23. The summed E-state index contributed by atoms with van der Waals surface area (Å²) in [4.78, 5) is 2.66. The molecule has 0 unspecified atom stereocenters. The Morgan fingerprint density at radius 1 is 0.703 bits per heavy atom. The number of nitrogens with zero attached hydrogens (tertiary/aromatic N) is 5. The Kier molecular flexibility index (Phi) is 9.11. The topological polar surface area (TPSA) is 46.8 Å². The fourth-order valence-electron chi connectivity index (χ4n) is 5.69. The monoisotopic (exact) mass is 493 g/mol. The molecular weight excluding hydrogens is 454 g/mol. The van der Waals surface area contributed by atoms with Gasteiger partial charge in [-0.25, -0.2) is 4.68 Å². The Morgan fingerprint density at radius 2 is 1.30 bits per heavy atom. The van der Waals surface area contributed by atoms with Crippen molar-refractivity contribution in [1.82, 2.24) is 25.1 Å². The first-order valence-corrected chi connectivity index (χ1v) is 14.0. The molecule has 0 spiro atoms. The first-order valence-electron chi connectivity index (χ1n) is 14.0. The van der Waals surface area contributed by atoms with E-state index >= 15 is 0 Å². The maximum absolute atomic E-state index is 4.48. The fraction of sp³-hybridized carbons (Fsp3) is 0.406. The summed E-state index contributed by atoms with van der Waals surface area (Å²) < 4.78 is 2.02. The lowest BCUT2D eigenvalue weighted by molar-refractivity contribution is 0.174. The number of benzene rings is 3. The Hall–Kier alpha value is -3.31. The van der Waals surface area contributed by atoms with E-state index in [1.165, 1.54) is 74.8 Å². The Balaban J connectivity index is 1.07. The minimum atomic E-state index is 0.0401. The third-order valence-corrected chi connectivity index (χ3v) is 7.81. The molecule has 1 aromatic heterocycles. The third-order valence-electron chi connectivity index (χ3n) is 7.81. The van der Waals surface area contributed by atoms with Crippen LogP contribution in [0, 0.1) is 5.92 Å². The van der Waals surface area contributed by atoms with Gasteiger partial charge in [0.2, 0.25) is 0 Å². The van der Waals surface area contributed by atoms with Crippen LogP contribution in [-0.4, -0.2) is 44.7 Å². The van der Waals surface area contributed by atoms with E-state index in [0.717, 1.165) is 24.7 Å². The third kappa shape index (κ3) is 7.14. The SMILES string of the molecule is c1ccc(CCCC2CCN(CCCCn3nnnc3C(c3ccccc3)c3ccccc3)CC2)cc1. The van der Waals surface area contributed by atoms with Crippen molar-refractivity contribution in [3.8, 4) is 0 Å². The van der Waals surface area contributed by atoms with Crippen molar-refractivity contribution in [2.75, 3.05) is 19.6 Å². The van der Waals surface area contributed by atoms with Gasteiger partial charge in [0.05, 0.1) is 5.92 Å². The van der Waals surface area contributed by atoms with Crippen LogP contribution in [0.15, 0.2) is 91.0 Å². The van der Waals surface area contributed by atoms with Gasteiger partial charge in [-0.15, -0.1) is 5.10 Å². The van der Waals surface area contributed by atoms with Gasteiger partial charge < -0.3 is 4.90 Å². The number of aryl methyl sites for hydroxylation is 2. The summed E-state index contributed by atoms with van der Waals surface area (Å²) in [7, 11) is 0. The van der Waals surface area contributed by atoms with Crippen molar-refractivity contribution in [3.63, 3.8) is 0 Å². The summed E-state index contributed by atoms with van der Waals surface area (Å²) in [5.74, 6) is 1.86. The van der Waals surface area contributed by atoms with E-state index in [1.807, 2.05) is 4.68 Å². The largest absolute Gasteiger partial charge is 0.303 e. The van der Waals surface area contributed by atoms with Gasteiger partial charge in [-0.2, -0.15) is 0 Å². The van der Waals surface area contributed by atoms with E-state index in [4.69, 9.17) is 0 Å². The lowest BCUT2D eigenvalue weighted by atomic mass is 9.90. The Bertz CT molecular complexity index is 1130. The lowest BCUT2D eigenvalue weighted by Crippen LogP contribution is -2.34. The summed E-state index contributed by atoms with van der Waals surface area (Å²) >= 11 is 0. The van der Waals surface area contributed by atoms with Crippen molar-refractivity contribution in [2.45, 2.75) is 57.4 Å². The molecule has 1 aliphatic heterocycles. The number of piperidine rings is 1. The van der Waals surface area contributed by atoms with E-state index in [0.29, 0.717) is 0 Å². The number of aromatic nitrogens is 4. The zero-order valence-corrected chi connectivity index (χ0v) is 21.8. The molecule has 37 heavy (non-hydrogen) atoms. The quantitative estimate of drug-likeness (QED) is 0.215. The van der Waals surface area contributed by atoms with Crippen LogP contribution in [0.2, 0.25) is 0 Å². The molecule has 0 saturated carbocycles. The Morgan fingerprint density at radius 3 is 1.95 bits per heavy atom. The second-order valence-corrected chi connectivity index (χ2v) is 10.4. The molecule has 5 nitrogen and oxygen atoms in total. The van der Waals surface area contributed by atoms with Crippen molar-refractivity contribution in [2.24, 2.45) is 5.92 Å². The molecule has 4 aromatic rings. The fourth-order valence-corrected chi connectivity index (χ4v) is 5.69. The van der Waals surface area contributed by atoms with Crippen molar-refractivity contribution in [3.05, 3.63) is 114 Å². The highest BCUT2D eigenvalue weighted by Crippen LogP contribution is 2.30. The van der Waals surface area contributed by atoms with Gasteiger partial charge in [0.1, 0.15) is 0 Å². The van der Waals surface area contributed by atoms with E-state index in [1.54, 1.807) is 0 Å². The standard InChI is InChI=1S/C32H39N5/c1-4-13-27(14-5-1)15-12-16-28-21-25-36(26-22-28)23-10-11-24-37-32(33-34-35-37)31(29-17-6-2-7-18-29)30-19-8-3-9-20-30/h1-9,13-14,17-20,28,31H,10-12,15-16,21-26H2. The number of tetrazole rings is 1. The van der Waals surface area contributed by atoms with Gasteiger partial charge in [0.25, 0.3) is 0 Å². The summed E-state index contributed by atoms with van der Waals surface area (Å²) in [6.07, 6.45) is 8.87. The molecule has 192 valence electrons. The lowest BCUT2D eigenvalue weighted by Gasteiger charge is -2.32. The molecule has 0 atom stereocenters. The van der Waals surface area contributed by atoms with Crippen LogP contribution in [0.25, 0.3) is 0 Å². The maximum Gasteiger partial charge on any atom is 0.163 e. The second-order valence-electron chi connectivity index (χ2n) is 10.4. The first kappa shape index (κ1) is 25.3. The molecule has 0 N–H and O–H groups in total. The molecular formula is C32H39N5. The molecule has 0 amide bonds. The number of likely N-dealkylation sites (tertiary alicyclic amines) is 1. The van der Waals surface area contributed by atoms with E-state index in [9.17, 15) is 0 Å². The van der Waals surface area contributed by atoms with Crippen molar-refractivity contribution < 1.29 is 0 Å². The highest BCUT2D eigenvalue weighted by atomic mass is 15.5. The molecule has 1 saturated heterocycles. The maximum atomic E-state index is 4.48. The number of hydrogen-bond acceptors (Lipinski definition) is 4. The zero-order chi connectivity index (χ0) is 25.1. The number of unbranched alkanes of at least 4 members (excludes halogenated alkanes) is 1. The van der Waals surface area contributed by atoms with Crippen LogP contribution in [0.5, 0.6) is 0 Å². The predicted octanol–water partition coefficient (Wildman–Crippen LogP) is 6.37. The van der Waals surface area contributed by atoms with Gasteiger partial charge in [0, 0.05) is 6.54 Å². The average Bonchev–Trinajstić information content (AvgIpc) is 3.42. The number of hydrogen-bond donors (Lipinski definition) is 0. The van der Waals surface area contributed by atoms with Crippen molar-refractivity contribution >= 4 is 0 Å². The minimum Gasteiger partial charge on any atom is -0.303 e. The van der Waals surface area contributed by atoms with Gasteiger partial charge in [0.15, 0.2) is 5.82 Å². The summed E-state index contributed by atoms with van der Waals surface area (Å²) in [5, 5.41) is 12.9. The van der Waals surface area contributed by atoms with Crippen LogP contribution in [-0.2, 0) is 13.0 Å². The normalized spacial score (nSPS) is 14.8. The number of rotatable bonds is 12. The molecule has 0 aliphatic carbocycles. The van der Waals surface area contributed by atoms with Gasteiger partial charge >= 0.3 is 0 Å². The molecule has 1 aliphatic rings. The molecule has 0 bridgehead atoms. The van der Waals surface area contributed by atoms with E-state index < -0.39 is 0 Å². The average molecular weight is 494 g/mol. The van der Waals surface area contributed by atoms with E-state index in [2.05, 4.69) is 111 Å². The first-order chi connectivity index (χ1) is 18.4. The van der Waals surface area contributed by atoms with Crippen LogP contribution in [0.4, 0.5) is 0 Å². The minimum absolute atomic E-state index is 0.0401. The van der Waals surface area contributed by atoms with Crippen molar-refractivity contribution in [1.29, 1.82) is 0 Å². The summed E-state index contributed by atoms with van der Waals surface area (Å²) in [5.41, 5.74) is 3.91. The molecule has 1 fully saturated rings. The molecule has 5 rings (SSSR count). The highest BCUT2D eigenvalue weighted by molar-refractivity contribution is 5.37. The second kappa shape index (κ2) is 13.3. The van der Waals surface area contributed by atoms with Crippen LogP contribution >= 0.6 is 0 Å². The molecule has 3 aromatic carbocycles. The van der Waals surface area contributed by atoms with Gasteiger partial charge in [-0.05, 0) is 91.2 Å². The smallest absolute Gasteiger partial charge is 0.163 e. The Labute approximate surface area is 221 Å².